The molecule has 18 heavy (non-hydrogen) atoms. The molecule has 0 bridgehead atoms. The number of amides is 1. The smallest absolute Gasteiger partial charge is 0.408 e. The fourth-order valence-electron chi connectivity index (χ4n) is 1.18. The van der Waals surface area contributed by atoms with E-state index in [1.165, 1.54) is 11.3 Å². The molecule has 0 aliphatic heterocycles. The Morgan fingerprint density at radius 3 is 2.67 bits per heavy atom. The zero-order valence-corrected chi connectivity index (χ0v) is 11.3. The number of carbonyl (C=O) groups is 2. The molecular formula is C11H16N2O4S. The van der Waals surface area contributed by atoms with Crippen molar-refractivity contribution < 1.29 is 19.4 Å². The third-order valence-corrected chi connectivity index (χ3v) is 2.65. The Kier molecular flexibility index (Phi) is 4.66. The SMILES string of the molecule is CC(C)(C)OC(=O)NC(Cc1nccs1)C(=O)O. The number of ether oxygens (including phenoxy) is 1. The number of rotatable bonds is 4. The van der Waals surface area contributed by atoms with E-state index in [0.29, 0.717) is 5.01 Å². The number of nitrogens with one attached hydrogen (secondary N) is 1. The van der Waals surface area contributed by atoms with Gasteiger partial charge < -0.3 is 15.2 Å². The molecule has 1 heterocycles. The number of carboxylic acids is 1. The van der Waals surface area contributed by atoms with Gasteiger partial charge in [-0.25, -0.2) is 14.6 Å². The second kappa shape index (κ2) is 5.81. The van der Waals surface area contributed by atoms with E-state index < -0.39 is 23.7 Å². The Bertz CT molecular complexity index is 411. The number of carbonyl (C=O) groups excluding carboxylic acids is 1. The van der Waals surface area contributed by atoms with Crippen LogP contribution in [0.15, 0.2) is 11.6 Å². The minimum atomic E-state index is -1.11. The van der Waals surface area contributed by atoms with E-state index in [4.69, 9.17) is 9.84 Å². The van der Waals surface area contributed by atoms with Crippen molar-refractivity contribution in [3.8, 4) is 0 Å². The predicted molar refractivity (Wildman–Crippen MR) is 66.6 cm³/mol. The fourth-order valence-corrected chi connectivity index (χ4v) is 1.84. The summed E-state index contributed by atoms with van der Waals surface area (Å²) in [5.41, 5.74) is -0.658. The number of aliphatic carboxylic acids is 1. The van der Waals surface area contributed by atoms with Gasteiger partial charge in [-0.05, 0) is 20.8 Å². The molecule has 1 atom stereocenters. The average molecular weight is 272 g/mol. The molecule has 1 aromatic rings. The third-order valence-electron chi connectivity index (χ3n) is 1.85. The number of nitrogens with zero attached hydrogens (tertiary/aromatic N) is 1. The van der Waals surface area contributed by atoms with E-state index in [1.807, 2.05) is 0 Å². The summed E-state index contributed by atoms with van der Waals surface area (Å²) in [6, 6.07) is -1.04. The number of carboxylic acid groups (broad SMARTS) is 1. The minimum absolute atomic E-state index is 0.145. The second-order valence-electron chi connectivity index (χ2n) is 4.67. The van der Waals surface area contributed by atoms with Crippen molar-refractivity contribution in [3.05, 3.63) is 16.6 Å². The van der Waals surface area contributed by atoms with Crippen molar-refractivity contribution in [1.29, 1.82) is 0 Å². The van der Waals surface area contributed by atoms with Gasteiger partial charge in [-0.15, -0.1) is 11.3 Å². The minimum Gasteiger partial charge on any atom is -0.480 e. The molecule has 7 heteroatoms. The summed E-state index contributed by atoms with van der Waals surface area (Å²) in [5.74, 6) is -1.11. The molecule has 0 aliphatic rings. The van der Waals surface area contributed by atoms with Crippen molar-refractivity contribution in [3.63, 3.8) is 0 Å². The summed E-state index contributed by atoms with van der Waals surface area (Å²) in [4.78, 5) is 26.5. The summed E-state index contributed by atoms with van der Waals surface area (Å²) in [5, 5.41) is 13.7. The van der Waals surface area contributed by atoms with Gasteiger partial charge in [0.05, 0.1) is 5.01 Å². The largest absolute Gasteiger partial charge is 0.480 e. The molecule has 0 saturated heterocycles. The topological polar surface area (TPSA) is 88.5 Å². The second-order valence-corrected chi connectivity index (χ2v) is 5.65. The molecular weight excluding hydrogens is 256 g/mol. The lowest BCUT2D eigenvalue weighted by molar-refractivity contribution is -0.139. The first-order chi connectivity index (χ1) is 8.28. The van der Waals surface area contributed by atoms with Gasteiger partial charge in [-0.1, -0.05) is 0 Å². The predicted octanol–water partition coefficient (Wildman–Crippen LogP) is 1.66. The summed E-state index contributed by atoms with van der Waals surface area (Å²) in [6.45, 7) is 5.13. The third kappa shape index (κ3) is 5.13. The van der Waals surface area contributed by atoms with Crippen molar-refractivity contribution in [2.75, 3.05) is 0 Å². The van der Waals surface area contributed by atoms with Crippen LogP contribution in [0.25, 0.3) is 0 Å². The molecule has 1 unspecified atom stereocenters. The van der Waals surface area contributed by atoms with E-state index in [1.54, 1.807) is 32.3 Å². The molecule has 100 valence electrons. The first-order valence-corrected chi connectivity index (χ1v) is 6.26. The lowest BCUT2D eigenvalue weighted by Gasteiger charge is -2.21. The summed E-state index contributed by atoms with van der Waals surface area (Å²) >= 11 is 1.34. The van der Waals surface area contributed by atoms with Gasteiger partial charge in [-0.2, -0.15) is 0 Å². The van der Waals surface area contributed by atoms with Gasteiger partial charge >= 0.3 is 12.1 Å². The van der Waals surface area contributed by atoms with E-state index in [9.17, 15) is 9.59 Å². The normalized spacial score (nSPS) is 12.8. The van der Waals surface area contributed by atoms with Crippen LogP contribution in [-0.2, 0) is 16.0 Å². The van der Waals surface area contributed by atoms with Crippen LogP contribution in [0.5, 0.6) is 0 Å². The van der Waals surface area contributed by atoms with Crippen LogP contribution in [0.1, 0.15) is 25.8 Å². The molecule has 0 spiro atoms. The molecule has 1 aromatic heterocycles. The van der Waals surface area contributed by atoms with Gasteiger partial charge in [0.25, 0.3) is 0 Å². The van der Waals surface area contributed by atoms with Gasteiger partial charge in [0, 0.05) is 18.0 Å². The van der Waals surface area contributed by atoms with E-state index in [2.05, 4.69) is 10.3 Å². The first-order valence-electron chi connectivity index (χ1n) is 5.38. The van der Waals surface area contributed by atoms with Crippen LogP contribution < -0.4 is 5.32 Å². The Morgan fingerprint density at radius 1 is 1.56 bits per heavy atom. The molecule has 6 nitrogen and oxygen atoms in total. The first kappa shape index (κ1) is 14.4. The standard InChI is InChI=1S/C11H16N2O4S/c1-11(2,3)17-10(16)13-7(9(14)15)6-8-12-4-5-18-8/h4-5,7H,6H2,1-3H3,(H,13,16)(H,14,15). The summed E-state index contributed by atoms with van der Waals surface area (Å²) in [6.07, 6.45) is 0.991. The zero-order valence-electron chi connectivity index (χ0n) is 10.5. The van der Waals surface area contributed by atoms with Gasteiger partial charge in [-0.3, -0.25) is 0 Å². The van der Waals surface area contributed by atoms with Gasteiger partial charge in [0.1, 0.15) is 11.6 Å². The molecule has 0 aliphatic carbocycles. The molecule has 2 N–H and O–H groups in total. The number of aromatic nitrogens is 1. The Labute approximate surface area is 109 Å². The van der Waals surface area contributed by atoms with Crippen molar-refractivity contribution in [1.82, 2.24) is 10.3 Å². The van der Waals surface area contributed by atoms with Crippen LogP contribution in [0, 0.1) is 0 Å². The number of thiazole rings is 1. The van der Waals surface area contributed by atoms with Crippen LogP contribution in [-0.4, -0.2) is 33.8 Å². The monoisotopic (exact) mass is 272 g/mol. The molecule has 0 aromatic carbocycles. The van der Waals surface area contributed by atoms with Gasteiger partial charge in [0.2, 0.25) is 0 Å². The van der Waals surface area contributed by atoms with Crippen LogP contribution in [0.4, 0.5) is 4.79 Å². The van der Waals surface area contributed by atoms with E-state index in [-0.39, 0.29) is 6.42 Å². The summed E-state index contributed by atoms with van der Waals surface area (Å²) < 4.78 is 5.01. The lowest BCUT2D eigenvalue weighted by atomic mass is 10.2. The maximum Gasteiger partial charge on any atom is 0.408 e. The van der Waals surface area contributed by atoms with E-state index in [0.717, 1.165) is 0 Å². The highest BCUT2D eigenvalue weighted by atomic mass is 32.1. The Morgan fingerprint density at radius 2 is 2.22 bits per heavy atom. The van der Waals surface area contributed by atoms with Crippen molar-refractivity contribution in [2.24, 2.45) is 0 Å². The fraction of sp³-hybridized carbons (Fsp3) is 0.545. The molecule has 1 amide bonds. The zero-order chi connectivity index (χ0) is 13.8. The number of hydrogen-bond acceptors (Lipinski definition) is 5. The van der Waals surface area contributed by atoms with Crippen molar-refractivity contribution >= 4 is 23.4 Å². The van der Waals surface area contributed by atoms with Crippen LogP contribution in [0.3, 0.4) is 0 Å². The highest BCUT2D eigenvalue weighted by Crippen LogP contribution is 2.10. The quantitative estimate of drug-likeness (QED) is 0.870. The highest BCUT2D eigenvalue weighted by molar-refractivity contribution is 7.09. The van der Waals surface area contributed by atoms with Crippen LogP contribution in [0.2, 0.25) is 0 Å². The van der Waals surface area contributed by atoms with E-state index >= 15 is 0 Å². The average Bonchev–Trinajstić information content (AvgIpc) is 2.66. The highest BCUT2D eigenvalue weighted by Gasteiger charge is 2.24. The molecule has 0 fully saturated rings. The number of alkyl carbamates (subject to hydrolysis) is 1. The molecule has 1 rings (SSSR count). The lowest BCUT2D eigenvalue weighted by Crippen LogP contribution is -2.44. The number of hydrogen-bond donors (Lipinski definition) is 2. The van der Waals surface area contributed by atoms with Crippen molar-refractivity contribution in [2.45, 2.75) is 38.8 Å². The molecule has 0 radical (unpaired) electrons. The summed E-state index contributed by atoms with van der Waals surface area (Å²) in [7, 11) is 0. The maximum atomic E-state index is 11.5. The Balaban J connectivity index is 2.58. The molecule has 0 saturated carbocycles. The Hall–Kier alpha value is -1.63. The van der Waals surface area contributed by atoms with Crippen LogP contribution >= 0.6 is 11.3 Å². The maximum absolute atomic E-state index is 11.5. The van der Waals surface area contributed by atoms with Gasteiger partial charge in [0.15, 0.2) is 0 Å².